The Hall–Kier alpha value is -1.91. The van der Waals surface area contributed by atoms with Gasteiger partial charge in [0.15, 0.2) is 11.5 Å². The molecule has 1 heterocycles. The Labute approximate surface area is 118 Å². The third-order valence-electron chi connectivity index (χ3n) is 4.02. The smallest absolute Gasteiger partial charge is 0.231 e. The number of nitrogen functional groups attached to an aromatic ring is 1. The van der Waals surface area contributed by atoms with Crippen LogP contribution in [0.15, 0.2) is 12.1 Å². The Morgan fingerprint density at radius 3 is 2.65 bits per heavy atom. The van der Waals surface area contributed by atoms with Crippen LogP contribution in [0, 0.1) is 5.92 Å². The number of hydrogen-bond acceptors (Lipinski definition) is 4. The second-order valence-electron chi connectivity index (χ2n) is 5.55. The number of nitrogens with two attached hydrogens (primary N) is 1. The molecule has 0 atom stereocenters. The van der Waals surface area contributed by atoms with Crippen LogP contribution in [0.25, 0.3) is 0 Å². The minimum absolute atomic E-state index is 0.0301. The van der Waals surface area contributed by atoms with Crippen LogP contribution in [0.1, 0.15) is 38.5 Å². The highest BCUT2D eigenvalue weighted by Crippen LogP contribution is 2.38. The van der Waals surface area contributed by atoms with Gasteiger partial charge in [0.1, 0.15) is 0 Å². The number of hydrogen-bond donors (Lipinski definition) is 2. The van der Waals surface area contributed by atoms with Gasteiger partial charge in [-0.05, 0) is 18.8 Å². The van der Waals surface area contributed by atoms with E-state index in [1.54, 1.807) is 12.1 Å². The van der Waals surface area contributed by atoms with Crippen LogP contribution in [0.4, 0.5) is 11.4 Å². The summed E-state index contributed by atoms with van der Waals surface area (Å²) in [6.45, 7) is 0.203. The molecule has 0 radical (unpaired) electrons. The van der Waals surface area contributed by atoms with E-state index in [2.05, 4.69) is 5.32 Å². The second-order valence-corrected chi connectivity index (χ2v) is 5.55. The van der Waals surface area contributed by atoms with Gasteiger partial charge in [-0.15, -0.1) is 0 Å². The summed E-state index contributed by atoms with van der Waals surface area (Å²) in [4.78, 5) is 12.1. The molecule has 3 rings (SSSR count). The Morgan fingerprint density at radius 1 is 1.20 bits per heavy atom. The van der Waals surface area contributed by atoms with Crippen LogP contribution in [0.2, 0.25) is 0 Å². The second kappa shape index (κ2) is 5.61. The molecule has 1 aliphatic heterocycles. The third-order valence-corrected chi connectivity index (χ3v) is 4.02. The monoisotopic (exact) mass is 276 g/mol. The van der Waals surface area contributed by atoms with E-state index in [0.29, 0.717) is 35.2 Å². The Kier molecular flexibility index (Phi) is 3.67. The SMILES string of the molecule is Nc1cc2c(cc1NC(=O)CC1CCCCC1)OCO2. The van der Waals surface area contributed by atoms with E-state index in [0.717, 1.165) is 12.8 Å². The summed E-state index contributed by atoms with van der Waals surface area (Å²) in [5.74, 6) is 1.81. The van der Waals surface area contributed by atoms with Crippen molar-refractivity contribution in [1.29, 1.82) is 0 Å². The van der Waals surface area contributed by atoms with Crippen molar-refractivity contribution in [1.82, 2.24) is 0 Å². The molecule has 0 saturated heterocycles. The number of amides is 1. The molecule has 1 fully saturated rings. The molecule has 1 saturated carbocycles. The van der Waals surface area contributed by atoms with Gasteiger partial charge in [0, 0.05) is 18.6 Å². The van der Waals surface area contributed by atoms with Crippen LogP contribution in [-0.4, -0.2) is 12.7 Å². The Bertz CT molecular complexity index is 510. The van der Waals surface area contributed by atoms with Crippen molar-refractivity contribution >= 4 is 17.3 Å². The summed E-state index contributed by atoms with van der Waals surface area (Å²) in [7, 11) is 0. The molecular weight excluding hydrogens is 256 g/mol. The van der Waals surface area contributed by atoms with E-state index in [4.69, 9.17) is 15.2 Å². The largest absolute Gasteiger partial charge is 0.454 e. The van der Waals surface area contributed by atoms with Crippen LogP contribution < -0.4 is 20.5 Å². The number of fused-ring (bicyclic) bond motifs is 1. The molecule has 108 valence electrons. The fourth-order valence-electron chi connectivity index (χ4n) is 2.92. The van der Waals surface area contributed by atoms with Gasteiger partial charge >= 0.3 is 0 Å². The van der Waals surface area contributed by atoms with Gasteiger partial charge in [-0.1, -0.05) is 19.3 Å². The first kappa shape index (κ1) is 13.1. The number of nitrogens with one attached hydrogen (secondary N) is 1. The normalized spacial score (nSPS) is 18.0. The molecule has 20 heavy (non-hydrogen) atoms. The van der Waals surface area contributed by atoms with Gasteiger partial charge in [-0.3, -0.25) is 4.79 Å². The van der Waals surface area contributed by atoms with Crippen molar-refractivity contribution in [3.05, 3.63) is 12.1 Å². The van der Waals surface area contributed by atoms with Crippen molar-refractivity contribution in [2.24, 2.45) is 5.92 Å². The zero-order valence-corrected chi connectivity index (χ0v) is 11.5. The molecule has 0 spiro atoms. The molecule has 1 aromatic rings. The summed E-state index contributed by atoms with van der Waals surface area (Å²) in [6, 6.07) is 3.43. The van der Waals surface area contributed by atoms with Gasteiger partial charge < -0.3 is 20.5 Å². The highest BCUT2D eigenvalue weighted by Gasteiger charge is 2.20. The number of rotatable bonds is 3. The molecule has 1 amide bonds. The molecule has 1 aliphatic carbocycles. The fourth-order valence-corrected chi connectivity index (χ4v) is 2.92. The van der Waals surface area contributed by atoms with Gasteiger partial charge in [0.2, 0.25) is 12.7 Å². The standard InChI is InChI=1S/C15H20N2O3/c16-11-7-13-14(20-9-19-13)8-12(11)17-15(18)6-10-4-2-1-3-5-10/h7-8,10H,1-6,9,16H2,(H,17,18). The van der Waals surface area contributed by atoms with Crippen LogP contribution in [0.3, 0.4) is 0 Å². The van der Waals surface area contributed by atoms with Gasteiger partial charge in [-0.2, -0.15) is 0 Å². The minimum Gasteiger partial charge on any atom is -0.454 e. The molecule has 0 unspecified atom stereocenters. The summed E-state index contributed by atoms with van der Waals surface area (Å²) in [5.41, 5.74) is 7.04. The fraction of sp³-hybridized carbons (Fsp3) is 0.533. The number of carbonyl (C=O) groups is 1. The molecular formula is C15H20N2O3. The minimum atomic E-state index is 0.0301. The van der Waals surface area contributed by atoms with Crippen LogP contribution >= 0.6 is 0 Å². The Morgan fingerprint density at radius 2 is 1.90 bits per heavy atom. The van der Waals surface area contributed by atoms with Crippen LogP contribution in [0.5, 0.6) is 11.5 Å². The summed E-state index contributed by atoms with van der Waals surface area (Å²) < 4.78 is 10.5. The maximum absolute atomic E-state index is 12.1. The zero-order chi connectivity index (χ0) is 13.9. The predicted octanol–water partition coefficient (Wildman–Crippen LogP) is 2.91. The molecule has 3 N–H and O–H groups in total. The van der Waals surface area contributed by atoms with E-state index in [9.17, 15) is 4.79 Å². The lowest BCUT2D eigenvalue weighted by atomic mass is 9.87. The summed E-state index contributed by atoms with van der Waals surface area (Å²) in [5, 5.41) is 2.89. The molecule has 2 aliphatic rings. The lowest BCUT2D eigenvalue weighted by Crippen LogP contribution is -2.18. The average molecular weight is 276 g/mol. The molecule has 5 nitrogen and oxygen atoms in total. The maximum atomic E-state index is 12.1. The van der Waals surface area contributed by atoms with E-state index < -0.39 is 0 Å². The number of benzene rings is 1. The average Bonchev–Trinajstić information content (AvgIpc) is 2.87. The predicted molar refractivity (Wildman–Crippen MR) is 76.8 cm³/mol. The molecule has 1 aromatic carbocycles. The lowest BCUT2D eigenvalue weighted by Gasteiger charge is -2.21. The van der Waals surface area contributed by atoms with E-state index in [-0.39, 0.29) is 12.7 Å². The maximum Gasteiger partial charge on any atom is 0.231 e. The van der Waals surface area contributed by atoms with E-state index in [1.165, 1.54) is 19.3 Å². The molecule has 5 heteroatoms. The topological polar surface area (TPSA) is 73.6 Å². The quantitative estimate of drug-likeness (QED) is 0.832. The summed E-state index contributed by atoms with van der Waals surface area (Å²) in [6.07, 6.45) is 6.67. The zero-order valence-electron chi connectivity index (χ0n) is 11.5. The first-order chi connectivity index (χ1) is 9.72. The highest BCUT2D eigenvalue weighted by atomic mass is 16.7. The molecule has 0 aromatic heterocycles. The van der Waals surface area contributed by atoms with Crippen molar-refractivity contribution in [2.75, 3.05) is 17.8 Å². The lowest BCUT2D eigenvalue weighted by molar-refractivity contribution is -0.117. The first-order valence-corrected chi connectivity index (χ1v) is 7.21. The molecule has 0 bridgehead atoms. The third kappa shape index (κ3) is 2.81. The van der Waals surface area contributed by atoms with Gasteiger partial charge in [-0.25, -0.2) is 0 Å². The first-order valence-electron chi connectivity index (χ1n) is 7.21. The van der Waals surface area contributed by atoms with Crippen molar-refractivity contribution in [3.63, 3.8) is 0 Å². The van der Waals surface area contributed by atoms with Crippen molar-refractivity contribution < 1.29 is 14.3 Å². The van der Waals surface area contributed by atoms with E-state index in [1.807, 2.05) is 0 Å². The summed E-state index contributed by atoms with van der Waals surface area (Å²) >= 11 is 0. The van der Waals surface area contributed by atoms with Gasteiger partial charge in [0.25, 0.3) is 0 Å². The Balaban J connectivity index is 1.63. The number of ether oxygens (including phenoxy) is 2. The number of anilines is 2. The van der Waals surface area contributed by atoms with E-state index >= 15 is 0 Å². The van der Waals surface area contributed by atoms with Gasteiger partial charge in [0.05, 0.1) is 11.4 Å². The van der Waals surface area contributed by atoms with Crippen LogP contribution in [-0.2, 0) is 4.79 Å². The highest BCUT2D eigenvalue weighted by molar-refractivity contribution is 5.94. The van der Waals surface area contributed by atoms with Crippen molar-refractivity contribution in [3.8, 4) is 11.5 Å². The van der Waals surface area contributed by atoms with Crippen molar-refractivity contribution in [2.45, 2.75) is 38.5 Å². The number of carbonyl (C=O) groups excluding carboxylic acids is 1.